The van der Waals surface area contributed by atoms with Crippen LogP contribution in [0.1, 0.15) is 40.2 Å². The molecule has 3 aromatic rings. The summed E-state index contributed by atoms with van der Waals surface area (Å²) in [6.07, 6.45) is 1.26. The number of likely N-dealkylation sites (tertiary alicyclic amines) is 1. The summed E-state index contributed by atoms with van der Waals surface area (Å²) in [5, 5.41) is 14.7. The fraction of sp³-hybridized carbons (Fsp3) is 0.259. The Kier molecular flexibility index (Phi) is 7.28. The van der Waals surface area contributed by atoms with Gasteiger partial charge in [0.25, 0.3) is 0 Å². The maximum absolute atomic E-state index is 13.8. The lowest BCUT2D eigenvalue weighted by Crippen LogP contribution is -2.47. The van der Waals surface area contributed by atoms with Crippen molar-refractivity contribution >= 4 is 23.6 Å². The third kappa shape index (κ3) is 5.51. The van der Waals surface area contributed by atoms with Gasteiger partial charge in [-0.25, -0.2) is 19.0 Å². The molecule has 1 fully saturated rings. The number of rotatable bonds is 6. The molecular formula is C27H27FN4O4. The molecule has 36 heavy (non-hydrogen) atoms. The van der Waals surface area contributed by atoms with Gasteiger partial charge >= 0.3 is 12.0 Å². The van der Waals surface area contributed by atoms with Gasteiger partial charge in [-0.05, 0) is 67.6 Å². The molecule has 1 aromatic heterocycles. The Morgan fingerprint density at radius 2 is 1.83 bits per heavy atom. The van der Waals surface area contributed by atoms with Gasteiger partial charge in [0.1, 0.15) is 17.6 Å². The number of carboxylic acids is 1. The number of halogens is 1. The van der Waals surface area contributed by atoms with Crippen LogP contribution in [-0.4, -0.2) is 45.5 Å². The van der Waals surface area contributed by atoms with E-state index in [-0.39, 0.29) is 30.0 Å². The molecule has 9 heteroatoms. The van der Waals surface area contributed by atoms with Gasteiger partial charge in [-0.1, -0.05) is 30.3 Å². The first-order chi connectivity index (χ1) is 17.2. The third-order valence-electron chi connectivity index (χ3n) is 6.26. The van der Waals surface area contributed by atoms with Gasteiger partial charge in [-0.2, -0.15) is 0 Å². The highest BCUT2D eigenvalue weighted by molar-refractivity contribution is 5.97. The average Bonchev–Trinajstić information content (AvgIpc) is 3.35. The van der Waals surface area contributed by atoms with E-state index in [0.717, 1.165) is 11.1 Å². The Balaban J connectivity index is 1.37. The molecule has 8 nitrogen and oxygen atoms in total. The second kappa shape index (κ2) is 10.6. The largest absolute Gasteiger partial charge is 0.477 e. The lowest BCUT2D eigenvalue weighted by molar-refractivity contribution is -0.119. The summed E-state index contributed by atoms with van der Waals surface area (Å²) in [5.74, 6) is -1.68. The number of hydrogen-bond donors (Lipinski definition) is 3. The summed E-state index contributed by atoms with van der Waals surface area (Å²) >= 11 is 0. The lowest BCUT2D eigenvalue weighted by Gasteiger charge is -2.24. The molecule has 0 aliphatic carbocycles. The van der Waals surface area contributed by atoms with Gasteiger partial charge in [-0.3, -0.25) is 4.79 Å². The number of carbonyl (C=O) groups is 3. The summed E-state index contributed by atoms with van der Waals surface area (Å²) in [6.45, 7) is 4.05. The topological polar surface area (TPSA) is 112 Å². The van der Waals surface area contributed by atoms with E-state index >= 15 is 0 Å². The maximum Gasteiger partial charge on any atom is 0.354 e. The van der Waals surface area contributed by atoms with E-state index in [9.17, 15) is 18.8 Å². The number of nitrogens with zero attached hydrogens (tertiary/aromatic N) is 2. The number of carbonyl (C=O) groups excluding carboxylic acids is 2. The first-order valence-corrected chi connectivity index (χ1v) is 11.6. The standard InChI is InChI=1S/C27H27FN4O4/c1-16-5-6-18(14-22(16)28)15-29-27(36)32-13-3-4-24(32)25(33)31-20-9-7-19(8-10-20)21-11-12-23(26(34)35)30-17(21)2/h5-12,14,24H,3-4,13,15H2,1-2H3,(H,29,36)(H,31,33)(H,34,35)/t24-/m1/s1. The number of nitrogens with one attached hydrogen (secondary N) is 2. The molecule has 2 aromatic carbocycles. The second-order valence-electron chi connectivity index (χ2n) is 8.79. The minimum absolute atomic E-state index is 0.0173. The van der Waals surface area contributed by atoms with Crippen LogP contribution < -0.4 is 10.6 Å². The van der Waals surface area contributed by atoms with Crippen LogP contribution in [0.25, 0.3) is 11.1 Å². The van der Waals surface area contributed by atoms with Crippen LogP contribution in [0.4, 0.5) is 14.9 Å². The summed E-state index contributed by atoms with van der Waals surface area (Å²) in [5.41, 5.74) is 3.98. The number of anilines is 1. The Hall–Kier alpha value is -4.27. The van der Waals surface area contributed by atoms with Crippen molar-refractivity contribution in [1.29, 1.82) is 0 Å². The van der Waals surface area contributed by atoms with Crippen molar-refractivity contribution in [3.8, 4) is 11.1 Å². The van der Waals surface area contributed by atoms with Crippen molar-refractivity contribution < 1.29 is 23.9 Å². The molecule has 4 rings (SSSR count). The summed E-state index contributed by atoms with van der Waals surface area (Å²) in [6, 6.07) is 14.2. The highest BCUT2D eigenvalue weighted by Crippen LogP contribution is 2.25. The van der Waals surface area contributed by atoms with E-state index in [4.69, 9.17) is 5.11 Å². The smallest absolute Gasteiger partial charge is 0.354 e. The van der Waals surface area contributed by atoms with Crippen molar-refractivity contribution in [3.63, 3.8) is 0 Å². The lowest BCUT2D eigenvalue weighted by atomic mass is 10.0. The Labute approximate surface area is 208 Å². The van der Waals surface area contributed by atoms with Crippen LogP contribution in [-0.2, 0) is 11.3 Å². The fourth-order valence-electron chi connectivity index (χ4n) is 4.25. The van der Waals surface area contributed by atoms with E-state index in [1.807, 2.05) is 12.1 Å². The average molecular weight is 491 g/mol. The van der Waals surface area contributed by atoms with E-state index in [1.165, 1.54) is 17.0 Å². The number of urea groups is 1. The number of aromatic nitrogens is 1. The van der Waals surface area contributed by atoms with Crippen molar-refractivity contribution in [1.82, 2.24) is 15.2 Å². The zero-order valence-corrected chi connectivity index (χ0v) is 20.0. The van der Waals surface area contributed by atoms with Crippen LogP contribution in [0.2, 0.25) is 0 Å². The van der Waals surface area contributed by atoms with Crippen LogP contribution in [0.3, 0.4) is 0 Å². The molecule has 3 amide bonds. The number of pyridine rings is 1. The summed E-state index contributed by atoms with van der Waals surface area (Å²) in [7, 11) is 0. The second-order valence-corrected chi connectivity index (χ2v) is 8.79. The predicted octanol–water partition coefficient (Wildman–Crippen LogP) is 4.52. The van der Waals surface area contributed by atoms with E-state index < -0.39 is 12.0 Å². The number of amides is 3. The number of hydrogen-bond acceptors (Lipinski definition) is 4. The Bertz CT molecular complexity index is 1310. The highest BCUT2D eigenvalue weighted by atomic mass is 19.1. The molecule has 1 aliphatic rings. The van der Waals surface area contributed by atoms with Gasteiger partial charge in [0.05, 0.1) is 0 Å². The Morgan fingerprint density at radius 3 is 2.50 bits per heavy atom. The van der Waals surface area contributed by atoms with Crippen molar-refractivity contribution in [2.45, 2.75) is 39.3 Å². The molecule has 2 heterocycles. The van der Waals surface area contributed by atoms with Gasteiger partial charge in [0.2, 0.25) is 5.91 Å². The monoisotopic (exact) mass is 490 g/mol. The molecule has 1 aliphatic heterocycles. The first-order valence-electron chi connectivity index (χ1n) is 11.6. The van der Waals surface area contributed by atoms with E-state index in [2.05, 4.69) is 15.6 Å². The zero-order chi connectivity index (χ0) is 25.8. The van der Waals surface area contributed by atoms with Crippen molar-refractivity contribution in [2.75, 3.05) is 11.9 Å². The normalized spacial score (nSPS) is 15.0. The fourth-order valence-corrected chi connectivity index (χ4v) is 4.25. The summed E-state index contributed by atoms with van der Waals surface area (Å²) < 4.78 is 13.8. The number of aryl methyl sites for hydroxylation is 2. The molecule has 0 unspecified atom stereocenters. The molecule has 0 saturated carbocycles. The maximum atomic E-state index is 13.8. The van der Waals surface area contributed by atoms with Gasteiger partial charge in [-0.15, -0.1) is 0 Å². The molecular weight excluding hydrogens is 463 g/mol. The van der Waals surface area contributed by atoms with Gasteiger partial charge in [0, 0.05) is 30.0 Å². The molecule has 0 radical (unpaired) electrons. The van der Waals surface area contributed by atoms with Gasteiger partial charge in [0.15, 0.2) is 0 Å². The molecule has 186 valence electrons. The minimum Gasteiger partial charge on any atom is -0.477 e. The third-order valence-corrected chi connectivity index (χ3v) is 6.26. The van der Waals surface area contributed by atoms with Gasteiger partial charge < -0.3 is 20.6 Å². The molecule has 1 saturated heterocycles. The summed E-state index contributed by atoms with van der Waals surface area (Å²) in [4.78, 5) is 42.4. The zero-order valence-electron chi connectivity index (χ0n) is 20.0. The van der Waals surface area contributed by atoms with Crippen LogP contribution in [0.15, 0.2) is 54.6 Å². The molecule has 3 N–H and O–H groups in total. The quantitative estimate of drug-likeness (QED) is 0.471. The highest BCUT2D eigenvalue weighted by Gasteiger charge is 2.34. The SMILES string of the molecule is Cc1ccc(CNC(=O)N2CCC[C@@H]2C(=O)Nc2ccc(-c3ccc(C(=O)O)nc3C)cc2)cc1F. The van der Waals surface area contributed by atoms with Crippen molar-refractivity contribution in [2.24, 2.45) is 0 Å². The minimum atomic E-state index is -1.08. The number of aromatic carboxylic acids is 1. The molecule has 0 spiro atoms. The van der Waals surface area contributed by atoms with Crippen LogP contribution >= 0.6 is 0 Å². The molecule has 0 bridgehead atoms. The number of carboxylic acid groups (broad SMARTS) is 1. The Morgan fingerprint density at radius 1 is 1.08 bits per heavy atom. The first kappa shape index (κ1) is 24.8. The van der Waals surface area contributed by atoms with E-state index in [0.29, 0.717) is 41.9 Å². The van der Waals surface area contributed by atoms with Crippen LogP contribution in [0.5, 0.6) is 0 Å². The van der Waals surface area contributed by atoms with Crippen molar-refractivity contribution in [3.05, 3.63) is 82.9 Å². The van der Waals surface area contributed by atoms with E-state index in [1.54, 1.807) is 44.2 Å². The number of benzene rings is 2. The molecule has 1 atom stereocenters. The van der Waals surface area contributed by atoms with Crippen LogP contribution in [0, 0.1) is 19.7 Å². The predicted molar refractivity (Wildman–Crippen MR) is 133 cm³/mol.